The first kappa shape index (κ1) is 22.5. The average Bonchev–Trinajstić information content (AvgIpc) is 1.38. The van der Waals surface area contributed by atoms with Crippen LogP contribution in [-0.2, 0) is 12.6 Å². The Kier molecular flexibility index (Phi) is 46.6. The summed E-state index contributed by atoms with van der Waals surface area (Å²) in [6.07, 6.45) is 0. The predicted octanol–water partition coefficient (Wildman–Crippen LogP) is -4.26. The average molecular weight is 177 g/mol. The van der Waals surface area contributed by atoms with Crippen LogP contribution in [0.2, 0.25) is 0 Å². The first-order chi connectivity index (χ1) is 2.27. The quantitative estimate of drug-likeness (QED) is 0.229. The zero-order chi connectivity index (χ0) is 4.28. The monoisotopic (exact) mass is 177 g/mol. The van der Waals surface area contributed by atoms with Crippen molar-refractivity contribution in [3.63, 3.8) is 0 Å². The van der Waals surface area contributed by atoms with Gasteiger partial charge in [-0.15, -0.1) is 0 Å². The summed E-state index contributed by atoms with van der Waals surface area (Å²) in [6.45, 7) is 0. The van der Waals surface area contributed by atoms with Gasteiger partial charge in [0.15, 0.2) is 0 Å². The summed E-state index contributed by atoms with van der Waals surface area (Å²) < 4.78 is 0.421. The summed E-state index contributed by atoms with van der Waals surface area (Å²) in [5.74, 6) is 0. The fourth-order valence-corrected chi connectivity index (χ4v) is 0. The maximum absolute atomic E-state index is 4.40. The Morgan fingerprint density at radius 2 is 1.62 bits per heavy atom. The van der Waals surface area contributed by atoms with Gasteiger partial charge >= 0.3 is 88.7 Å². The molecular formula is C2H6NNa3S2. The van der Waals surface area contributed by atoms with Gasteiger partial charge in [0.1, 0.15) is 0 Å². The zero-order valence-electron chi connectivity index (χ0n) is 3.82. The fourth-order valence-electron chi connectivity index (χ4n) is 0. The summed E-state index contributed by atoms with van der Waals surface area (Å²) in [4.78, 5) is 0. The summed E-state index contributed by atoms with van der Waals surface area (Å²) in [5, 5.41) is 2.57. The van der Waals surface area contributed by atoms with Gasteiger partial charge in [-0.25, -0.2) is 0 Å². The number of hydrogen-bond acceptors (Lipinski definition) is 2. The van der Waals surface area contributed by atoms with Crippen LogP contribution in [-0.4, -0.2) is 70.5 Å². The maximum atomic E-state index is 4.40. The molecule has 0 bridgehead atoms. The molecule has 0 radical (unpaired) electrons. The topological polar surface area (TPSA) is 12.0 Å². The van der Waals surface area contributed by atoms with E-state index in [0.717, 1.165) is 0 Å². The molecule has 0 saturated carbocycles. The Hall–Kier alpha value is 3.11. The third-order valence-electron chi connectivity index (χ3n) is 0.204. The van der Waals surface area contributed by atoms with Crippen molar-refractivity contribution in [3.8, 4) is 0 Å². The van der Waals surface area contributed by atoms with Gasteiger partial charge in [0, 0.05) is 7.05 Å². The SMILES string of the molecule is CNC(=S)[S-].[Na+].[NaH].[NaH]. The molecule has 0 spiro atoms. The Labute approximate surface area is 127 Å². The van der Waals surface area contributed by atoms with Gasteiger partial charge in [-0.2, -0.15) is 0 Å². The molecule has 0 unspecified atom stereocenters. The molecule has 0 heterocycles. The molecule has 0 aliphatic carbocycles. The van der Waals surface area contributed by atoms with Gasteiger partial charge in [0.25, 0.3) is 0 Å². The Morgan fingerprint density at radius 3 is 1.62 bits per heavy atom. The van der Waals surface area contributed by atoms with Gasteiger partial charge in [0.05, 0.1) is 0 Å². The van der Waals surface area contributed by atoms with E-state index in [0.29, 0.717) is 4.32 Å². The summed E-state index contributed by atoms with van der Waals surface area (Å²) in [6, 6.07) is 0. The van der Waals surface area contributed by atoms with Crippen LogP contribution >= 0.6 is 12.2 Å². The molecule has 0 rings (SSSR count). The van der Waals surface area contributed by atoms with Crippen molar-refractivity contribution in [1.82, 2.24) is 5.32 Å². The van der Waals surface area contributed by atoms with E-state index >= 15 is 0 Å². The van der Waals surface area contributed by atoms with Gasteiger partial charge in [-0.1, -0.05) is 4.32 Å². The van der Waals surface area contributed by atoms with Crippen LogP contribution in [0.4, 0.5) is 0 Å². The molecule has 34 valence electrons. The molecule has 6 heteroatoms. The molecule has 0 fully saturated rings. The van der Waals surface area contributed by atoms with Crippen LogP contribution in [0.15, 0.2) is 0 Å². The Morgan fingerprint density at radius 1 is 1.50 bits per heavy atom. The molecule has 0 atom stereocenters. The van der Waals surface area contributed by atoms with Gasteiger partial charge < -0.3 is 30.2 Å². The Bertz CT molecular complexity index is 50.5. The van der Waals surface area contributed by atoms with Crippen LogP contribution in [0.1, 0.15) is 0 Å². The van der Waals surface area contributed by atoms with Crippen molar-refractivity contribution in [3.05, 3.63) is 0 Å². The van der Waals surface area contributed by atoms with E-state index in [4.69, 9.17) is 0 Å². The molecule has 1 N–H and O–H groups in total. The van der Waals surface area contributed by atoms with Crippen molar-refractivity contribution < 1.29 is 29.6 Å². The number of hydrogen-bond donors (Lipinski definition) is 1. The van der Waals surface area contributed by atoms with Crippen LogP contribution in [0.5, 0.6) is 0 Å². The van der Waals surface area contributed by atoms with Crippen molar-refractivity contribution >= 4 is 88.3 Å². The molecular weight excluding hydrogens is 171 g/mol. The molecule has 1 nitrogen and oxygen atoms in total. The Balaban J connectivity index is -0.0000000267. The van der Waals surface area contributed by atoms with Crippen molar-refractivity contribution in [2.75, 3.05) is 7.05 Å². The van der Waals surface area contributed by atoms with E-state index in [1.807, 2.05) is 0 Å². The number of thiocarbonyl (C=S) groups is 1. The molecule has 0 amide bonds. The van der Waals surface area contributed by atoms with Crippen molar-refractivity contribution in [1.29, 1.82) is 0 Å². The van der Waals surface area contributed by atoms with E-state index in [1.165, 1.54) is 0 Å². The zero-order valence-corrected chi connectivity index (χ0v) is 7.45. The van der Waals surface area contributed by atoms with E-state index in [-0.39, 0.29) is 88.7 Å². The third kappa shape index (κ3) is 22.9. The molecule has 8 heavy (non-hydrogen) atoms. The van der Waals surface area contributed by atoms with Crippen LogP contribution in [0, 0.1) is 0 Å². The molecule has 0 aromatic heterocycles. The molecule has 0 aromatic carbocycles. The first-order valence-electron chi connectivity index (χ1n) is 1.16. The second-order valence-electron chi connectivity index (χ2n) is 0.537. The third-order valence-corrected chi connectivity index (χ3v) is 0.612. The standard InChI is InChI=1S/C2H5NS2.3Na.2H/c1-3-2(4)5;;;;;/h1H3,(H2,3,4,5);;;;;/q;;;+1;;/p-1. The summed E-state index contributed by atoms with van der Waals surface area (Å²) in [5.41, 5.74) is 0. The molecule has 0 aromatic rings. The van der Waals surface area contributed by atoms with Gasteiger partial charge in [-0.05, 0) is 0 Å². The van der Waals surface area contributed by atoms with Crippen LogP contribution in [0.25, 0.3) is 0 Å². The molecule has 0 saturated heterocycles. The van der Waals surface area contributed by atoms with E-state index in [1.54, 1.807) is 7.05 Å². The summed E-state index contributed by atoms with van der Waals surface area (Å²) >= 11 is 8.80. The van der Waals surface area contributed by atoms with Crippen molar-refractivity contribution in [2.24, 2.45) is 0 Å². The fraction of sp³-hybridized carbons (Fsp3) is 0.500. The predicted molar refractivity (Wildman–Crippen MR) is 43.3 cm³/mol. The van der Waals surface area contributed by atoms with E-state index < -0.39 is 0 Å². The second-order valence-corrected chi connectivity index (χ2v) is 1.61. The van der Waals surface area contributed by atoms with Crippen LogP contribution in [0.3, 0.4) is 0 Å². The molecule has 0 aliphatic rings. The van der Waals surface area contributed by atoms with Crippen molar-refractivity contribution in [2.45, 2.75) is 0 Å². The van der Waals surface area contributed by atoms with Gasteiger partial charge in [0.2, 0.25) is 0 Å². The van der Waals surface area contributed by atoms with Crippen LogP contribution < -0.4 is 34.9 Å². The first-order valence-corrected chi connectivity index (χ1v) is 1.97. The number of nitrogens with one attached hydrogen (secondary N) is 1. The molecule has 0 aliphatic heterocycles. The number of rotatable bonds is 0. The van der Waals surface area contributed by atoms with E-state index in [2.05, 4.69) is 30.2 Å². The van der Waals surface area contributed by atoms with E-state index in [9.17, 15) is 0 Å². The minimum absolute atomic E-state index is 0. The normalized spacial score (nSPS) is 4.12. The second kappa shape index (κ2) is 16.6. The van der Waals surface area contributed by atoms with Gasteiger partial charge in [-0.3, -0.25) is 0 Å². The minimum atomic E-state index is 0. The summed E-state index contributed by atoms with van der Waals surface area (Å²) in [7, 11) is 1.70.